The molecule has 3 aromatic rings. The van der Waals surface area contributed by atoms with Crippen molar-refractivity contribution >= 4 is 27.3 Å². The van der Waals surface area contributed by atoms with Crippen molar-refractivity contribution in [3.8, 4) is 17.2 Å². The number of hydrogen-bond acceptors (Lipinski definition) is 6. The lowest BCUT2D eigenvalue weighted by atomic mass is 10.1. The van der Waals surface area contributed by atoms with E-state index < -0.39 is 22.0 Å². The molecule has 3 aromatic carbocycles. The van der Waals surface area contributed by atoms with Crippen LogP contribution in [0, 0.1) is 13.8 Å². The van der Waals surface area contributed by atoms with Crippen molar-refractivity contribution in [2.24, 2.45) is 0 Å². The summed E-state index contributed by atoms with van der Waals surface area (Å²) in [5.74, 6) is 1.02. The van der Waals surface area contributed by atoms with Gasteiger partial charge in [-0.15, -0.1) is 0 Å². The van der Waals surface area contributed by atoms with E-state index in [4.69, 9.17) is 14.2 Å². The van der Waals surface area contributed by atoms with Crippen molar-refractivity contribution in [2.45, 2.75) is 24.8 Å². The molecule has 0 radical (unpaired) electrons. The minimum absolute atomic E-state index is 0.150. The molecule has 0 saturated carbocycles. The number of nitrogens with one attached hydrogen (secondary N) is 1. The van der Waals surface area contributed by atoms with E-state index in [0.717, 1.165) is 11.1 Å². The van der Waals surface area contributed by atoms with Crippen LogP contribution in [-0.4, -0.2) is 40.2 Å². The minimum atomic E-state index is -3.92. The first kappa shape index (κ1) is 22.1. The summed E-state index contributed by atoms with van der Waals surface area (Å²) in [5, 5.41) is 2.81. The molecular formula is C25H24N2O6S. The molecule has 2 aliphatic rings. The summed E-state index contributed by atoms with van der Waals surface area (Å²) < 4.78 is 45.4. The number of benzene rings is 3. The van der Waals surface area contributed by atoms with E-state index in [2.05, 4.69) is 5.32 Å². The third kappa shape index (κ3) is 4.14. The van der Waals surface area contributed by atoms with Gasteiger partial charge in [0, 0.05) is 11.8 Å². The molecule has 2 aliphatic heterocycles. The number of carbonyl (C=O) groups is 1. The Morgan fingerprint density at radius 1 is 0.882 bits per heavy atom. The van der Waals surface area contributed by atoms with Gasteiger partial charge >= 0.3 is 0 Å². The number of carbonyl (C=O) groups excluding carboxylic acids is 1. The van der Waals surface area contributed by atoms with Gasteiger partial charge in [0.15, 0.2) is 17.6 Å². The van der Waals surface area contributed by atoms with Crippen molar-refractivity contribution < 1.29 is 27.4 Å². The number of rotatable bonds is 4. The van der Waals surface area contributed by atoms with Crippen LogP contribution >= 0.6 is 0 Å². The van der Waals surface area contributed by atoms with E-state index in [-0.39, 0.29) is 11.4 Å². The largest absolute Gasteiger partial charge is 0.486 e. The summed E-state index contributed by atoms with van der Waals surface area (Å²) in [6, 6.07) is 17.0. The topological polar surface area (TPSA) is 94.2 Å². The Morgan fingerprint density at radius 3 is 2.35 bits per heavy atom. The third-order valence-electron chi connectivity index (χ3n) is 5.70. The Morgan fingerprint density at radius 2 is 1.59 bits per heavy atom. The summed E-state index contributed by atoms with van der Waals surface area (Å²) >= 11 is 0. The molecule has 1 atom stereocenters. The predicted molar refractivity (Wildman–Crippen MR) is 127 cm³/mol. The fourth-order valence-electron chi connectivity index (χ4n) is 3.91. The molecule has 5 rings (SSSR count). The molecule has 0 unspecified atom stereocenters. The zero-order valence-corrected chi connectivity index (χ0v) is 19.6. The molecule has 0 saturated heterocycles. The molecule has 0 spiro atoms. The first-order chi connectivity index (χ1) is 16.3. The number of anilines is 2. The van der Waals surface area contributed by atoms with Crippen molar-refractivity contribution in [1.82, 2.24) is 0 Å². The van der Waals surface area contributed by atoms with Crippen LogP contribution in [0.2, 0.25) is 0 Å². The molecule has 0 aromatic heterocycles. The van der Waals surface area contributed by atoms with Gasteiger partial charge in [0.05, 0.1) is 17.1 Å². The van der Waals surface area contributed by atoms with Gasteiger partial charge in [-0.05, 0) is 55.8 Å². The van der Waals surface area contributed by atoms with Gasteiger partial charge in [0.2, 0.25) is 0 Å². The van der Waals surface area contributed by atoms with Crippen LogP contribution in [0.3, 0.4) is 0 Å². The Bertz CT molecular complexity index is 1350. The van der Waals surface area contributed by atoms with Crippen LogP contribution in [0.25, 0.3) is 0 Å². The van der Waals surface area contributed by atoms with Gasteiger partial charge in [-0.25, -0.2) is 8.42 Å². The second-order valence-electron chi connectivity index (χ2n) is 8.27. The van der Waals surface area contributed by atoms with Crippen LogP contribution in [0.5, 0.6) is 17.2 Å². The van der Waals surface area contributed by atoms with Gasteiger partial charge < -0.3 is 19.5 Å². The highest BCUT2D eigenvalue weighted by atomic mass is 32.2. The smallest absolute Gasteiger partial charge is 0.267 e. The highest BCUT2D eigenvalue weighted by Gasteiger charge is 2.37. The lowest BCUT2D eigenvalue weighted by molar-refractivity contribution is -0.122. The molecule has 8 nitrogen and oxygen atoms in total. The van der Waals surface area contributed by atoms with Gasteiger partial charge in [-0.2, -0.15) is 0 Å². The Balaban J connectivity index is 1.45. The lowest BCUT2D eigenvalue weighted by Crippen LogP contribution is -2.48. The average molecular weight is 481 g/mol. The van der Waals surface area contributed by atoms with E-state index in [1.165, 1.54) is 4.31 Å². The van der Waals surface area contributed by atoms with Crippen molar-refractivity contribution in [3.05, 3.63) is 71.8 Å². The summed E-state index contributed by atoms with van der Waals surface area (Å²) in [6.07, 6.45) is -1.05. The molecule has 9 heteroatoms. The maximum atomic E-state index is 13.5. The molecular weight excluding hydrogens is 456 g/mol. The summed E-state index contributed by atoms with van der Waals surface area (Å²) in [6.45, 7) is 4.50. The number of nitrogens with zero attached hydrogens (tertiary/aromatic N) is 1. The Kier molecular flexibility index (Phi) is 5.57. The van der Waals surface area contributed by atoms with Crippen LogP contribution in [-0.2, 0) is 14.8 Å². The third-order valence-corrected chi connectivity index (χ3v) is 7.49. The maximum absolute atomic E-state index is 13.5. The Hall–Kier alpha value is -3.72. The number of amides is 1. The van der Waals surface area contributed by atoms with E-state index in [1.807, 2.05) is 19.9 Å². The maximum Gasteiger partial charge on any atom is 0.267 e. The molecule has 0 fully saturated rings. The fraction of sp³-hybridized carbons (Fsp3) is 0.240. The lowest BCUT2D eigenvalue weighted by Gasteiger charge is -2.35. The van der Waals surface area contributed by atoms with Gasteiger partial charge in [0.1, 0.15) is 19.0 Å². The van der Waals surface area contributed by atoms with Crippen molar-refractivity contribution in [3.63, 3.8) is 0 Å². The summed E-state index contributed by atoms with van der Waals surface area (Å²) in [7, 11) is -3.92. The standard InChI is InChI=1S/C25H24N2O6S/c1-16-3-7-19(8-4-16)34(29,30)27-15-24(33-22-13-17(2)5-9-20(22)27)25(28)26-18-6-10-21-23(14-18)32-12-11-31-21/h3-10,13-14,24H,11-12,15H2,1-2H3,(H,26,28)/t24-/m1/s1. The predicted octanol–water partition coefficient (Wildman–Crippen LogP) is 3.67. The molecule has 176 valence electrons. The van der Waals surface area contributed by atoms with Crippen LogP contribution in [0.4, 0.5) is 11.4 Å². The molecule has 2 heterocycles. The molecule has 1 amide bonds. The number of sulfonamides is 1. The number of fused-ring (bicyclic) bond motifs is 2. The zero-order chi connectivity index (χ0) is 23.9. The van der Waals surface area contributed by atoms with Crippen LogP contribution < -0.4 is 23.8 Å². The average Bonchev–Trinajstić information content (AvgIpc) is 2.83. The molecule has 34 heavy (non-hydrogen) atoms. The van der Waals surface area contributed by atoms with Crippen LogP contribution in [0.15, 0.2) is 65.6 Å². The van der Waals surface area contributed by atoms with E-state index in [0.29, 0.717) is 41.8 Å². The first-order valence-corrected chi connectivity index (χ1v) is 12.3. The van der Waals surface area contributed by atoms with E-state index in [9.17, 15) is 13.2 Å². The normalized spacial score (nSPS) is 16.9. The summed E-state index contributed by atoms with van der Waals surface area (Å²) in [4.78, 5) is 13.3. The zero-order valence-electron chi connectivity index (χ0n) is 18.8. The molecule has 0 aliphatic carbocycles. The van der Waals surface area contributed by atoms with Crippen molar-refractivity contribution in [1.29, 1.82) is 0 Å². The summed E-state index contributed by atoms with van der Waals surface area (Å²) in [5.41, 5.74) is 2.74. The van der Waals surface area contributed by atoms with Crippen LogP contribution in [0.1, 0.15) is 11.1 Å². The van der Waals surface area contributed by atoms with Gasteiger partial charge in [-0.1, -0.05) is 23.8 Å². The highest BCUT2D eigenvalue weighted by Crippen LogP contribution is 2.38. The highest BCUT2D eigenvalue weighted by molar-refractivity contribution is 7.92. The number of ether oxygens (including phenoxy) is 3. The monoisotopic (exact) mass is 480 g/mol. The van der Waals surface area contributed by atoms with E-state index >= 15 is 0 Å². The minimum Gasteiger partial charge on any atom is -0.486 e. The second-order valence-corrected chi connectivity index (χ2v) is 10.1. The van der Waals surface area contributed by atoms with E-state index in [1.54, 1.807) is 54.6 Å². The first-order valence-electron chi connectivity index (χ1n) is 10.9. The van der Waals surface area contributed by atoms with Crippen molar-refractivity contribution in [2.75, 3.05) is 29.4 Å². The number of aryl methyl sites for hydroxylation is 2. The molecule has 0 bridgehead atoms. The van der Waals surface area contributed by atoms with Gasteiger partial charge in [-0.3, -0.25) is 9.10 Å². The quantitative estimate of drug-likeness (QED) is 0.612. The SMILES string of the molecule is Cc1ccc(S(=O)(=O)N2C[C@H](C(=O)Nc3ccc4c(c3)OCCO4)Oc3cc(C)ccc32)cc1. The fourth-order valence-corrected chi connectivity index (χ4v) is 5.38. The number of hydrogen-bond donors (Lipinski definition) is 1. The Labute approximate surface area is 198 Å². The molecule has 1 N–H and O–H groups in total. The van der Waals surface area contributed by atoms with Gasteiger partial charge in [0.25, 0.3) is 15.9 Å². The second kappa shape index (κ2) is 8.57.